The molecular weight excluding hydrogens is 164 g/mol. The molecule has 78 valence electrons. The van der Waals surface area contributed by atoms with Crippen LogP contribution in [0.2, 0.25) is 0 Å². The largest absolute Gasteiger partial charge is 0.351 e. The summed E-state index contributed by atoms with van der Waals surface area (Å²) in [5.74, 6) is 0.128. The van der Waals surface area contributed by atoms with Crippen LogP contribution in [0.3, 0.4) is 0 Å². The van der Waals surface area contributed by atoms with E-state index in [1.54, 1.807) is 0 Å². The molecule has 1 N–H and O–H groups in total. The van der Waals surface area contributed by atoms with Crippen molar-refractivity contribution in [1.82, 2.24) is 10.2 Å². The molecular formula is C10H22N2O. The summed E-state index contributed by atoms with van der Waals surface area (Å²) in [6, 6.07) is 0. The van der Waals surface area contributed by atoms with Gasteiger partial charge in [-0.25, -0.2) is 0 Å². The highest BCUT2D eigenvalue weighted by atomic mass is 16.1. The van der Waals surface area contributed by atoms with Crippen molar-refractivity contribution in [2.75, 3.05) is 20.6 Å². The van der Waals surface area contributed by atoms with Gasteiger partial charge < -0.3 is 10.2 Å². The van der Waals surface area contributed by atoms with Crippen LogP contribution in [0.15, 0.2) is 0 Å². The third-order valence-electron chi connectivity index (χ3n) is 1.98. The maximum Gasteiger partial charge on any atom is 0.220 e. The van der Waals surface area contributed by atoms with E-state index in [4.69, 9.17) is 0 Å². The highest BCUT2D eigenvalue weighted by Crippen LogP contribution is 2.08. The molecule has 13 heavy (non-hydrogen) atoms. The summed E-state index contributed by atoms with van der Waals surface area (Å²) in [6.45, 7) is 6.99. The molecule has 0 aliphatic carbocycles. The summed E-state index contributed by atoms with van der Waals surface area (Å²) >= 11 is 0. The first-order valence-electron chi connectivity index (χ1n) is 4.83. The minimum Gasteiger partial charge on any atom is -0.351 e. The van der Waals surface area contributed by atoms with Gasteiger partial charge in [0.15, 0.2) is 0 Å². The Bertz CT molecular complexity index is 164. The van der Waals surface area contributed by atoms with Crippen LogP contribution in [0.1, 0.15) is 33.6 Å². The second-order valence-corrected chi connectivity index (χ2v) is 4.34. The van der Waals surface area contributed by atoms with Crippen LogP contribution in [-0.4, -0.2) is 37.0 Å². The van der Waals surface area contributed by atoms with Gasteiger partial charge in [-0.1, -0.05) is 6.92 Å². The van der Waals surface area contributed by atoms with Crippen LogP contribution in [0.5, 0.6) is 0 Å². The molecule has 0 aliphatic heterocycles. The number of nitrogens with zero attached hydrogens (tertiary/aromatic N) is 1. The monoisotopic (exact) mass is 186 g/mol. The smallest absolute Gasteiger partial charge is 0.220 e. The average molecular weight is 186 g/mol. The summed E-state index contributed by atoms with van der Waals surface area (Å²) in [7, 11) is 4.08. The second kappa shape index (κ2) is 5.22. The molecule has 0 aromatic rings. The Hall–Kier alpha value is -0.570. The van der Waals surface area contributed by atoms with Crippen molar-refractivity contribution in [3.8, 4) is 0 Å². The Kier molecular flexibility index (Phi) is 4.99. The zero-order valence-corrected chi connectivity index (χ0v) is 9.48. The van der Waals surface area contributed by atoms with Gasteiger partial charge in [-0.2, -0.15) is 0 Å². The molecule has 0 atom stereocenters. The number of nitrogens with one attached hydrogen (secondary N) is 1. The fraction of sp³-hybridized carbons (Fsp3) is 0.900. The lowest BCUT2D eigenvalue weighted by molar-refractivity contribution is -0.122. The fourth-order valence-corrected chi connectivity index (χ4v) is 1.03. The molecule has 0 fully saturated rings. The van der Waals surface area contributed by atoms with Crippen LogP contribution in [0.4, 0.5) is 0 Å². The van der Waals surface area contributed by atoms with E-state index in [1.165, 1.54) is 0 Å². The molecule has 0 spiro atoms. The van der Waals surface area contributed by atoms with E-state index in [2.05, 4.69) is 24.1 Å². The molecule has 0 saturated heterocycles. The van der Waals surface area contributed by atoms with Gasteiger partial charge in [0.2, 0.25) is 5.91 Å². The maximum absolute atomic E-state index is 11.1. The first kappa shape index (κ1) is 12.4. The Balaban J connectivity index is 3.86. The van der Waals surface area contributed by atoms with Crippen molar-refractivity contribution in [2.45, 2.75) is 39.2 Å². The maximum atomic E-state index is 11.1. The average Bonchev–Trinajstić information content (AvgIpc) is 2.00. The molecule has 3 heteroatoms. The number of hydrogen-bond donors (Lipinski definition) is 1. The zero-order valence-electron chi connectivity index (χ0n) is 9.48. The van der Waals surface area contributed by atoms with Crippen molar-refractivity contribution >= 4 is 5.91 Å². The molecule has 0 radical (unpaired) electrons. The van der Waals surface area contributed by atoms with Crippen LogP contribution in [-0.2, 0) is 4.79 Å². The van der Waals surface area contributed by atoms with E-state index in [9.17, 15) is 4.79 Å². The van der Waals surface area contributed by atoms with E-state index in [-0.39, 0.29) is 11.4 Å². The number of rotatable bonds is 5. The van der Waals surface area contributed by atoms with Crippen LogP contribution < -0.4 is 5.32 Å². The quantitative estimate of drug-likeness (QED) is 0.700. The lowest BCUT2D eigenvalue weighted by Crippen LogP contribution is -2.44. The molecule has 0 aromatic heterocycles. The summed E-state index contributed by atoms with van der Waals surface area (Å²) in [5, 5.41) is 3.00. The van der Waals surface area contributed by atoms with Crippen molar-refractivity contribution in [3.05, 3.63) is 0 Å². The van der Waals surface area contributed by atoms with E-state index >= 15 is 0 Å². The van der Waals surface area contributed by atoms with Crippen molar-refractivity contribution in [2.24, 2.45) is 0 Å². The fourth-order valence-electron chi connectivity index (χ4n) is 1.03. The van der Waals surface area contributed by atoms with Crippen molar-refractivity contribution in [1.29, 1.82) is 0 Å². The third-order valence-corrected chi connectivity index (χ3v) is 1.98. The van der Waals surface area contributed by atoms with Gasteiger partial charge in [-0.05, 0) is 40.9 Å². The first-order chi connectivity index (χ1) is 5.87. The molecule has 3 nitrogen and oxygen atoms in total. The Morgan fingerprint density at radius 2 is 1.92 bits per heavy atom. The van der Waals surface area contributed by atoms with E-state index in [0.29, 0.717) is 6.42 Å². The van der Waals surface area contributed by atoms with Gasteiger partial charge in [0.05, 0.1) is 0 Å². The summed E-state index contributed by atoms with van der Waals surface area (Å²) in [6.07, 6.45) is 1.54. The van der Waals surface area contributed by atoms with E-state index < -0.39 is 0 Å². The predicted octanol–water partition coefficient (Wildman–Crippen LogP) is 1.24. The normalized spacial score (nSPS) is 11.8. The molecule has 0 saturated carbocycles. The molecule has 0 rings (SSSR count). The number of carbonyl (C=O) groups is 1. The predicted molar refractivity (Wildman–Crippen MR) is 55.7 cm³/mol. The minimum absolute atomic E-state index is 0.0859. The first-order valence-corrected chi connectivity index (χ1v) is 4.83. The van der Waals surface area contributed by atoms with Gasteiger partial charge >= 0.3 is 0 Å². The molecule has 0 unspecified atom stereocenters. The minimum atomic E-state index is -0.0859. The van der Waals surface area contributed by atoms with Gasteiger partial charge in [0.25, 0.3) is 0 Å². The summed E-state index contributed by atoms with van der Waals surface area (Å²) < 4.78 is 0. The number of hydrogen-bond acceptors (Lipinski definition) is 2. The van der Waals surface area contributed by atoms with Gasteiger partial charge in [0.1, 0.15) is 0 Å². The zero-order chi connectivity index (χ0) is 10.5. The topological polar surface area (TPSA) is 32.3 Å². The highest BCUT2D eigenvalue weighted by molar-refractivity contribution is 5.76. The summed E-state index contributed by atoms with van der Waals surface area (Å²) in [5.41, 5.74) is -0.0859. The lowest BCUT2D eigenvalue weighted by atomic mass is 10.0. The Morgan fingerprint density at radius 3 is 2.31 bits per heavy atom. The second-order valence-electron chi connectivity index (χ2n) is 4.34. The van der Waals surface area contributed by atoms with E-state index in [1.807, 2.05) is 21.0 Å². The number of amides is 1. The van der Waals surface area contributed by atoms with Crippen LogP contribution in [0.25, 0.3) is 0 Å². The molecule has 0 bridgehead atoms. The summed E-state index contributed by atoms with van der Waals surface area (Å²) in [4.78, 5) is 13.3. The van der Waals surface area contributed by atoms with Crippen molar-refractivity contribution in [3.63, 3.8) is 0 Å². The third kappa shape index (κ3) is 6.58. The molecule has 0 aliphatic rings. The molecule has 0 heterocycles. The van der Waals surface area contributed by atoms with Gasteiger partial charge in [0, 0.05) is 12.0 Å². The number of carbonyl (C=O) groups excluding carboxylic acids is 1. The van der Waals surface area contributed by atoms with Crippen LogP contribution >= 0.6 is 0 Å². The van der Waals surface area contributed by atoms with Crippen molar-refractivity contribution < 1.29 is 4.79 Å². The Morgan fingerprint density at radius 1 is 1.38 bits per heavy atom. The standard InChI is InChI=1S/C10H22N2O/c1-6-9(13)11-10(2,3)7-8-12(4)5/h6-8H2,1-5H3,(H,11,13). The van der Waals surface area contributed by atoms with Crippen LogP contribution in [0, 0.1) is 0 Å². The van der Waals surface area contributed by atoms with Gasteiger partial charge in [-0.3, -0.25) is 4.79 Å². The lowest BCUT2D eigenvalue weighted by Gasteiger charge is -2.27. The molecule has 1 amide bonds. The van der Waals surface area contributed by atoms with Gasteiger partial charge in [-0.15, -0.1) is 0 Å². The molecule has 0 aromatic carbocycles. The Labute approximate surface area is 81.5 Å². The highest BCUT2D eigenvalue weighted by Gasteiger charge is 2.18. The SMILES string of the molecule is CCC(=O)NC(C)(C)CCN(C)C. The van der Waals surface area contributed by atoms with E-state index in [0.717, 1.165) is 13.0 Å².